The molecule has 0 bridgehead atoms. The minimum absolute atomic E-state index is 0.0451. The Kier molecular flexibility index (Phi) is 10.0. The van der Waals surface area contributed by atoms with Crippen molar-refractivity contribution in [1.29, 1.82) is 0 Å². The average molecular weight is 706 g/mol. The van der Waals surface area contributed by atoms with Crippen LogP contribution in [0.2, 0.25) is 0 Å². The van der Waals surface area contributed by atoms with E-state index in [4.69, 9.17) is 11.5 Å². The minimum Gasteiger partial charge on any atom is -0.509 e. The Bertz CT molecular complexity index is 1710. The van der Waals surface area contributed by atoms with Gasteiger partial charge in [0.1, 0.15) is 17.6 Å². The summed E-state index contributed by atoms with van der Waals surface area (Å²) in [7, 11) is 0. The molecule has 5 rings (SSSR count). The van der Waals surface area contributed by atoms with Crippen molar-refractivity contribution >= 4 is 29.6 Å². The number of aliphatic carboxylic acids is 1. The lowest BCUT2D eigenvalue weighted by molar-refractivity contribution is -0.151. The predicted octanol–water partition coefficient (Wildman–Crippen LogP) is 4.17. The number of benzene rings is 1. The molecule has 278 valence electrons. The SMILES string of the molecule is CC(C(=O)O)=C(O)C(O)C(CN=C(N)N)C(C)C1CC(O)C2(C)C3=C(C(=O)CC12C)C1(C)CCC(=O)C(C)(C)C1C(C=Cc1ccccc1)C3O. The van der Waals surface area contributed by atoms with E-state index in [-0.39, 0.29) is 36.9 Å². The van der Waals surface area contributed by atoms with Crippen molar-refractivity contribution in [2.45, 2.75) is 92.5 Å². The summed E-state index contributed by atoms with van der Waals surface area (Å²) in [6.45, 7) is 12.6. The summed E-state index contributed by atoms with van der Waals surface area (Å²) in [6, 6.07) is 9.69. The number of hydrogen-bond donors (Lipinski definition) is 7. The van der Waals surface area contributed by atoms with Gasteiger partial charge in [0.2, 0.25) is 0 Å². The monoisotopic (exact) mass is 705 g/mol. The number of aliphatic hydroxyl groups is 4. The number of carboxylic acids is 1. The normalized spacial score (nSPS) is 36.8. The van der Waals surface area contributed by atoms with Crippen LogP contribution in [0.25, 0.3) is 6.08 Å². The van der Waals surface area contributed by atoms with Crippen LogP contribution >= 0.6 is 0 Å². The van der Waals surface area contributed by atoms with Gasteiger partial charge >= 0.3 is 5.97 Å². The zero-order valence-electron chi connectivity index (χ0n) is 30.8. The molecule has 11 nitrogen and oxygen atoms in total. The van der Waals surface area contributed by atoms with E-state index in [2.05, 4.69) is 4.99 Å². The van der Waals surface area contributed by atoms with E-state index in [0.717, 1.165) is 5.56 Å². The summed E-state index contributed by atoms with van der Waals surface area (Å²) in [5, 5.41) is 56.7. The van der Waals surface area contributed by atoms with Crippen LogP contribution in [0.15, 0.2) is 63.9 Å². The first-order valence-corrected chi connectivity index (χ1v) is 17.9. The van der Waals surface area contributed by atoms with Crippen LogP contribution in [0, 0.1) is 51.2 Å². The molecule has 2 fully saturated rings. The van der Waals surface area contributed by atoms with Gasteiger partial charge in [-0.2, -0.15) is 0 Å². The Morgan fingerprint density at radius 3 is 2.27 bits per heavy atom. The topological polar surface area (TPSA) is 217 Å². The van der Waals surface area contributed by atoms with Gasteiger partial charge in [-0.3, -0.25) is 14.6 Å². The number of guanidine groups is 1. The molecule has 51 heavy (non-hydrogen) atoms. The number of carbonyl (C=O) groups is 3. The smallest absolute Gasteiger partial charge is 0.334 e. The molecule has 0 aromatic heterocycles. The molecule has 0 radical (unpaired) electrons. The van der Waals surface area contributed by atoms with Crippen molar-refractivity contribution in [2.24, 2.45) is 67.7 Å². The fourth-order valence-corrected chi connectivity index (χ4v) is 11.0. The maximum Gasteiger partial charge on any atom is 0.334 e. The quantitative estimate of drug-likeness (QED) is 0.0842. The van der Waals surface area contributed by atoms with Crippen molar-refractivity contribution in [3.05, 3.63) is 64.4 Å². The third-order valence-electron chi connectivity index (χ3n) is 14.0. The number of rotatable bonds is 9. The number of allylic oxidation sites excluding steroid dienone is 1. The van der Waals surface area contributed by atoms with E-state index in [1.165, 1.54) is 6.92 Å². The molecule has 9 N–H and O–H groups in total. The molecule has 0 aliphatic heterocycles. The first-order valence-electron chi connectivity index (χ1n) is 17.9. The highest BCUT2D eigenvalue weighted by molar-refractivity contribution is 6.01. The molecule has 0 heterocycles. The van der Waals surface area contributed by atoms with Gasteiger partial charge in [0.25, 0.3) is 0 Å². The highest BCUT2D eigenvalue weighted by Gasteiger charge is 2.71. The molecule has 4 aliphatic carbocycles. The molecule has 0 spiro atoms. The molecule has 4 aliphatic rings. The van der Waals surface area contributed by atoms with Gasteiger partial charge in [-0.15, -0.1) is 0 Å². The number of aliphatic imine (C=N–C) groups is 1. The highest BCUT2D eigenvalue weighted by atomic mass is 16.4. The molecular formula is C40H55N3O8. The third-order valence-corrected chi connectivity index (χ3v) is 14.0. The number of aliphatic hydroxyl groups excluding tert-OH is 4. The number of fused-ring (bicyclic) bond motifs is 4. The first kappa shape index (κ1) is 38.4. The van der Waals surface area contributed by atoms with Crippen LogP contribution in [-0.4, -0.2) is 73.9 Å². The molecule has 2 saturated carbocycles. The van der Waals surface area contributed by atoms with Crippen LogP contribution < -0.4 is 11.5 Å². The largest absolute Gasteiger partial charge is 0.509 e. The lowest BCUT2D eigenvalue weighted by Gasteiger charge is -2.63. The molecule has 0 amide bonds. The maximum atomic E-state index is 14.8. The van der Waals surface area contributed by atoms with Crippen molar-refractivity contribution in [3.63, 3.8) is 0 Å². The number of nitrogens with zero attached hydrogens (tertiary/aromatic N) is 1. The second-order valence-electron chi connectivity index (χ2n) is 16.7. The Labute approximate surface area is 300 Å². The molecule has 1 aromatic rings. The van der Waals surface area contributed by atoms with Gasteiger partial charge in [0.15, 0.2) is 11.7 Å². The molecule has 0 saturated heterocycles. The lowest BCUT2D eigenvalue weighted by atomic mass is 9.40. The van der Waals surface area contributed by atoms with Crippen molar-refractivity contribution in [1.82, 2.24) is 0 Å². The van der Waals surface area contributed by atoms with Gasteiger partial charge in [0.05, 0.1) is 17.8 Å². The van der Waals surface area contributed by atoms with Crippen LogP contribution in [-0.2, 0) is 14.4 Å². The fourth-order valence-electron chi connectivity index (χ4n) is 11.0. The Hall–Kier alpha value is -3.80. The van der Waals surface area contributed by atoms with Gasteiger partial charge in [-0.25, -0.2) is 4.79 Å². The molecule has 11 unspecified atom stereocenters. The number of carbonyl (C=O) groups excluding carboxylic acids is 2. The van der Waals surface area contributed by atoms with E-state index >= 15 is 0 Å². The molecular weight excluding hydrogens is 650 g/mol. The van der Waals surface area contributed by atoms with Gasteiger partial charge in [-0.1, -0.05) is 84.0 Å². The van der Waals surface area contributed by atoms with Gasteiger partial charge in [0, 0.05) is 53.0 Å². The van der Waals surface area contributed by atoms with Crippen molar-refractivity contribution in [3.8, 4) is 0 Å². The minimum atomic E-state index is -1.66. The number of Topliss-reactive ketones (excluding diaryl/α,β-unsaturated/α-hetero) is 2. The van der Waals surface area contributed by atoms with E-state index in [0.29, 0.717) is 24.0 Å². The van der Waals surface area contributed by atoms with Gasteiger partial charge in [-0.05, 0) is 54.1 Å². The molecule has 11 atom stereocenters. The lowest BCUT2D eigenvalue weighted by Crippen LogP contribution is -2.63. The summed E-state index contributed by atoms with van der Waals surface area (Å²) in [4.78, 5) is 44.2. The van der Waals surface area contributed by atoms with E-state index in [1.54, 1.807) is 0 Å². The number of ketones is 2. The molecule has 11 heteroatoms. The highest BCUT2D eigenvalue weighted by Crippen LogP contribution is 2.72. The maximum absolute atomic E-state index is 14.8. The van der Waals surface area contributed by atoms with Crippen molar-refractivity contribution < 1.29 is 39.9 Å². The zero-order valence-corrected chi connectivity index (χ0v) is 30.8. The number of nitrogens with two attached hydrogens (primary N) is 2. The number of hydrogen-bond acceptors (Lipinski definition) is 8. The van der Waals surface area contributed by atoms with Crippen LogP contribution in [0.4, 0.5) is 0 Å². The summed E-state index contributed by atoms with van der Waals surface area (Å²) < 4.78 is 0. The average Bonchev–Trinajstić information content (AvgIpc) is 3.27. The summed E-state index contributed by atoms with van der Waals surface area (Å²) in [6.07, 6.45) is 1.05. The van der Waals surface area contributed by atoms with Gasteiger partial charge < -0.3 is 37.0 Å². The van der Waals surface area contributed by atoms with E-state index in [9.17, 15) is 39.9 Å². The Morgan fingerprint density at radius 2 is 1.69 bits per heavy atom. The predicted molar refractivity (Wildman–Crippen MR) is 194 cm³/mol. The summed E-state index contributed by atoms with van der Waals surface area (Å²) in [5.74, 6) is -5.25. The fraction of sp³-hybridized carbons (Fsp3) is 0.600. The Balaban J connectivity index is 1.68. The first-order chi connectivity index (χ1) is 23.7. The summed E-state index contributed by atoms with van der Waals surface area (Å²) in [5.41, 5.74) is 9.20. The second-order valence-corrected chi connectivity index (χ2v) is 16.7. The third kappa shape index (κ3) is 5.85. The van der Waals surface area contributed by atoms with Crippen LogP contribution in [0.5, 0.6) is 0 Å². The Morgan fingerprint density at radius 1 is 1.06 bits per heavy atom. The zero-order chi connectivity index (χ0) is 38.0. The van der Waals surface area contributed by atoms with E-state index in [1.807, 2.05) is 84.0 Å². The van der Waals surface area contributed by atoms with E-state index < -0.39 is 86.9 Å². The second kappa shape index (κ2) is 13.3. The number of carboxylic acid groups (broad SMARTS) is 1. The standard InChI is InChI=1S/C40H55N3O8/c1-20(24(19-43-36(41)42)33(49)31(47)21(2)35(50)51)25-17-28(46)40(7)30-29(26(44)18-39(25,40)6)38(5)16-15-27(45)37(3,4)34(38)23(32(30)48)14-13-22-11-9-8-10-12-22/h8-14,20,23-25,28,32-34,46-49H,15-19H2,1-7H3,(H,50,51)(H4,41,42,43). The van der Waals surface area contributed by atoms with Crippen molar-refractivity contribution in [2.75, 3.05) is 6.54 Å². The summed E-state index contributed by atoms with van der Waals surface area (Å²) >= 11 is 0. The van der Waals surface area contributed by atoms with Crippen LogP contribution in [0.3, 0.4) is 0 Å². The molecule has 1 aromatic carbocycles. The van der Waals surface area contributed by atoms with Crippen LogP contribution in [0.1, 0.15) is 79.7 Å².